The first-order chi connectivity index (χ1) is 14.7. The first-order valence-electron chi connectivity index (χ1n) is 10.4. The van der Waals surface area contributed by atoms with E-state index < -0.39 is 0 Å². The monoisotopic (exact) mass is 402 g/mol. The lowest BCUT2D eigenvalue weighted by Gasteiger charge is -2.23. The molecule has 1 aliphatic rings. The molecule has 3 aromatic rings. The summed E-state index contributed by atoms with van der Waals surface area (Å²) in [5.74, 6) is 0.412. The van der Waals surface area contributed by atoms with Crippen LogP contribution in [-0.2, 0) is 13.2 Å². The molecule has 0 radical (unpaired) electrons. The summed E-state index contributed by atoms with van der Waals surface area (Å²) in [6.07, 6.45) is 5.19. The number of pyridine rings is 1. The molecule has 0 bridgehead atoms. The summed E-state index contributed by atoms with van der Waals surface area (Å²) in [7, 11) is 0. The maximum atomic E-state index is 12.6. The van der Waals surface area contributed by atoms with Crippen LogP contribution >= 0.6 is 0 Å². The van der Waals surface area contributed by atoms with E-state index in [0.717, 1.165) is 18.5 Å². The number of ketones is 1. The second-order valence-electron chi connectivity index (χ2n) is 7.65. The number of nitrogens with zero attached hydrogens (tertiary/aromatic N) is 1. The molecule has 5 nitrogen and oxygen atoms in total. The van der Waals surface area contributed by atoms with Crippen LogP contribution in [0, 0.1) is 0 Å². The number of carbonyl (C=O) groups is 1. The summed E-state index contributed by atoms with van der Waals surface area (Å²) < 4.78 is 7.10. The van der Waals surface area contributed by atoms with E-state index >= 15 is 0 Å². The van der Waals surface area contributed by atoms with E-state index in [0.29, 0.717) is 24.0 Å². The molecule has 2 aromatic carbocycles. The summed E-state index contributed by atoms with van der Waals surface area (Å²) in [5.41, 5.74) is 2.61. The van der Waals surface area contributed by atoms with E-state index in [4.69, 9.17) is 4.74 Å². The Morgan fingerprint density at radius 1 is 1.03 bits per heavy atom. The highest BCUT2D eigenvalue weighted by Crippen LogP contribution is 2.23. The van der Waals surface area contributed by atoms with E-state index in [2.05, 4.69) is 5.32 Å². The number of hydrogen-bond donors (Lipinski definition) is 1. The van der Waals surface area contributed by atoms with Gasteiger partial charge in [0.2, 0.25) is 0 Å². The van der Waals surface area contributed by atoms with Crippen molar-refractivity contribution in [3.05, 3.63) is 100.0 Å². The normalized spacial score (nSPS) is 16.2. The number of aromatic nitrogens is 1. The number of ether oxygens (including phenoxy) is 1. The third-order valence-corrected chi connectivity index (χ3v) is 5.48. The van der Waals surface area contributed by atoms with Gasteiger partial charge < -0.3 is 14.6 Å². The Balaban J connectivity index is 1.37. The van der Waals surface area contributed by atoms with E-state index in [-0.39, 0.29) is 17.9 Å². The van der Waals surface area contributed by atoms with Crippen molar-refractivity contribution in [2.45, 2.75) is 38.5 Å². The highest BCUT2D eigenvalue weighted by Gasteiger charge is 2.15. The Morgan fingerprint density at radius 2 is 1.83 bits per heavy atom. The molecule has 2 heterocycles. The molecular formula is C25H26N2O3. The SMILES string of the molecule is O=C(Cn1ccc(OCc2ccccc2)cc1=O)c1ccc(C2CCCCN2)cc1. The first-order valence-corrected chi connectivity index (χ1v) is 10.4. The Hall–Kier alpha value is -3.18. The van der Waals surface area contributed by atoms with Crippen molar-refractivity contribution in [2.24, 2.45) is 0 Å². The number of Topliss-reactive ketones (excluding diaryl/α,β-unsaturated/α-hetero) is 1. The second-order valence-corrected chi connectivity index (χ2v) is 7.65. The van der Waals surface area contributed by atoms with Gasteiger partial charge in [-0.25, -0.2) is 0 Å². The van der Waals surface area contributed by atoms with Gasteiger partial charge in [-0.1, -0.05) is 61.0 Å². The molecule has 1 fully saturated rings. The van der Waals surface area contributed by atoms with Gasteiger partial charge in [-0.2, -0.15) is 0 Å². The number of rotatable bonds is 7. The number of nitrogens with one attached hydrogen (secondary N) is 1. The third kappa shape index (κ3) is 5.05. The molecule has 0 saturated carbocycles. The predicted molar refractivity (Wildman–Crippen MR) is 117 cm³/mol. The molecule has 5 heteroatoms. The van der Waals surface area contributed by atoms with E-state index in [1.165, 1.54) is 29.0 Å². The number of hydrogen-bond acceptors (Lipinski definition) is 4. The molecule has 0 aliphatic carbocycles. The van der Waals surface area contributed by atoms with Crippen molar-refractivity contribution in [2.75, 3.05) is 6.54 Å². The number of benzene rings is 2. The number of carbonyl (C=O) groups excluding carboxylic acids is 1. The zero-order chi connectivity index (χ0) is 20.8. The van der Waals surface area contributed by atoms with Gasteiger partial charge in [0.05, 0.1) is 6.54 Å². The molecule has 154 valence electrons. The second kappa shape index (κ2) is 9.55. The van der Waals surface area contributed by atoms with Crippen LogP contribution < -0.4 is 15.6 Å². The summed E-state index contributed by atoms with van der Waals surface area (Å²) in [6.45, 7) is 1.45. The minimum absolute atomic E-state index is 0.0127. The Morgan fingerprint density at radius 3 is 2.53 bits per heavy atom. The molecular weight excluding hydrogens is 376 g/mol. The summed E-state index contributed by atoms with van der Waals surface area (Å²) in [4.78, 5) is 25.0. The molecule has 1 aromatic heterocycles. The van der Waals surface area contributed by atoms with Gasteiger partial charge in [0.25, 0.3) is 5.56 Å². The fourth-order valence-electron chi connectivity index (χ4n) is 3.73. The van der Waals surface area contributed by atoms with Crippen molar-refractivity contribution < 1.29 is 9.53 Å². The largest absolute Gasteiger partial charge is 0.489 e. The minimum atomic E-state index is -0.253. The molecule has 30 heavy (non-hydrogen) atoms. The minimum Gasteiger partial charge on any atom is -0.489 e. The van der Waals surface area contributed by atoms with Crippen molar-refractivity contribution in [1.82, 2.24) is 9.88 Å². The van der Waals surface area contributed by atoms with Gasteiger partial charge >= 0.3 is 0 Å². The first kappa shape index (κ1) is 20.1. The molecule has 0 spiro atoms. The van der Waals surface area contributed by atoms with Crippen LogP contribution in [0.25, 0.3) is 0 Å². The smallest absolute Gasteiger partial charge is 0.254 e. The maximum Gasteiger partial charge on any atom is 0.254 e. The highest BCUT2D eigenvalue weighted by atomic mass is 16.5. The van der Waals surface area contributed by atoms with Crippen LogP contribution in [0.15, 0.2) is 77.7 Å². The maximum absolute atomic E-state index is 12.6. The summed E-state index contributed by atoms with van der Waals surface area (Å²) in [5, 5.41) is 3.52. The average molecular weight is 402 g/mol. The van der Waals surface area contributed by atoms with Gasteiger partial charge in [-0.15, -0.1) is 0 Å². The quantitative estimate of drug-likeness (QED) is 0.604. The van der Waals surface area contributed by atoms with Gasteiger partial charge in [-0.05, 0) is 36.6 Å². The van der Waals surface area contributed by atoms with Crippen molar-refractivity contribution in [1.29, 1.82) is 0 Å². The van der Waals surface area contributed by atoms with Crippen LogP contribution in [-0.4, -0.2) is 16.9 Å². The zero-order valence-corrected chi connectivity index (χ0v) is 16.9. The third-order valence-electron chi connectivity index (χ3n) is 5.48. The molecule has 1 saturated heterocycles. The van der Waals surface area contributed by atoms with Gasteiger partial charge in [0, 0.05) is 23.9 Å². The van der Waals surface area contributed by atoms with Gasteiger partial charge in [-0.3, -0.25) is 9.59 Å². The molecule has 1 N–H and O–H groups in total. The fourth-order valence-corrected chi connectivity index (χ4v) is 3.73. The van der Waals surface area contributed by atoms with Crippen LogP contribution in [0.2, 0.25) is 0 Å². The lowest BCUT2D eigenvalue weighted by molar-refractivity contribution is 0.0970. The zero-order valence-electron chi connectivity index (χ0n) is 16.9. The summed E-state index contributed by atoms with van der Waals surface area (Å²) >= 11 is 0. The topological polar surface area (TPSA) is 60.3 Å². The van der Waals surface area contributed by atoms with Crippen molar-refractivity contribution in [3.8, 4) is 5.75 Å². The molecule has 1 aliphatic heterocycles. The molecule has 0 amide bonds. The lowest BCUT2D eigenvalue weighted by Crippen LogP contribution is -2.26. The van der Waals surface area contributed by atoms with Gasteiger partial charge in [0.1, 0.15) is 12.4 Å². The van der Waals surface area contributed by atoms with Gasteiger partial charge in [0.15, 0.2) is 5.78 Å². The van der Waals surface area contributed by atoms with Crippen LogP contribution in [0.3, 0.4) is 0 Å². The summed E-state index contributed by atoms with van der Waals surface area (Å²) in [6, 6.07) is 21.0. The van der Waals surface area contributed by atoms with Crippen LogP contribution in [0.5, 0.6) is 5.75 Å². The van der Waals surface area contributed by atoms with Crippen LogP contribution in [0.1, 0.15) is 46.8 Å². The standard InChI is InChI=1S/C25H26N2O3/c28-24(21-11-9-20(10-12-21)23-8-4-5-14-26-23)17-27-15-13-22(16-25(27)29)30-18-19-6-2-1-3-7-19/h1-3,6-7,9-13,15-16,23,26H,4-5,8,14,17-18H2. The average Bonchev–Trinajstić information content (AvgIpc) is 2.80. The molecule has 1 atom stereocenters. The highest BCUT2D eigenvalue weighted by molar-refractivity contribution is 5.95. The fraction of sp³-hybridized carbons (Fsp3) is 0.280. The number of piperidine rings is 1. The van der Waals surface area contributed by atoms with E-state index in [9.17, 15) is 9.59 Å². The Kier molecular flexibility index (Phi) is 6.40. The van der Waals surface area contributed by atoms with Crippen molar-refractivity contribution >= 4 is 5.78 Å². The van der Waals surface area contributed by atoms with Crippen LogP contribution in [0.4, 0.5) is 0 Å². The molecule has 1 unspecified atom stereocenters. The van der Waals surface area contributed by atoms with E-state index in [1.807, 2.05) is 54.6 Å². The predicted octanol–water partition coefficient (Wildman–Crippen LogP) is 4.12. The van der Waals surface area contributed by atoms with Crippen molar-refractivity contribution in [3.63, 3.8) is 0 Å². The molecule has 4 rings (SSSR count). The Bertz CT molecular complexity index is 1040. The van der Waals surface area contributed by atoms with E-state index in [1.54, 1.807) is 12.3 Å². The lowest BCUT2D eigenvalue weighted by atomic mass is 9.96. The Labute approximate surface area is 176 Å².